The Morgan fingerprint density at radius 3 is 2.80 bits per heavy atom. The maximum Gasteiger partial charge on any atom is 0.150 e. The molecule has 0 aliphatic carbocycles. The van der Waals surface area contributed by atoms with Crippen LogP contribution in [-0.2, 0) is 24.3 Å². The number of anilines is 2. The van der Waals surface area contributed by atoms with Gasteiger partial charge in [0.2, 0.25) is 0 Å². The second-order valence-corrected chi connectivity index (χ2v) is 9.61. The fourth-order valence-electron chi connectivity index (χ4n) is 4.88. The van der Waals surface area contributed by atoms with Crippen LogP contribution >= 0.6 is 0 Å². The summed E-state index contributed by atoms with van der Waals surface area (Å²) in [6.45, 7) is 3.66. The van der Waals surface area contributed by atoms with Crippen LogP contribution in [0.3, 0.4) is 0 Å². The van der Waals surface area contributed by atoms with Gasteiger partial charge in [-0.15, -0.1) is 0 Å². The largest absolute Gasteiger partial charge is 0.489 e. The van der Waals surface area contributed by atoms with Gasteiger partial charge in [0.05, 0.1) is 41.6 Å². The van der Waals surface area contributed by atoms with Gasteiger partial charge in [0.1, 0.15) is 24.5 Å². The molecular weight excluding hydrogens is 518 g/mol. The van der Waals surface area contributed by atoms with Crippen LogP contribution in [0.2, 0.25) is 0 Å². The average Bonchev–Trinajstić information content (AvgIpc) is 3.64. The van der Waals surface area contributed by atoms with E-state index in [0.717, 1.165) is 62.3 Å². The molecule has 6 rings (SSSR count). The number of benzene rings is 1. The molecule has 5 heterocycles. The van der Waals surface area contributed by atoms with Gasteiger partial charge >= 0.3 is 0 Å². The van der Waals surface area contributed by atoms with Crippen molar-refractivity contribution in [2.75, 3.05) is 31.8 Å². The van der Waals surface area contributed by atoms with Crippen LogP contribution in [0.5, 0.6) is 5.75 Å². The van der Waals surface area contributed by atoms with Gasteiger partial charge < -0.3 is 20.5 Å². The Morgan fingerprint density at radius 1 is 1.07 bits per heavy atom. The Labute approximate surface area is 237 Å². The van der Waals surface area contributed by atoms with Gasteiger partial charge in [0.25, 0.3) is 0 Å². The Bertz CT molecular complexity index is 1840. The molecule has 0 spiro atoms. The van der Waals surface area contributed by atoms with E-state index in [1.807, 2.05) is 59.0 Å². The fraction of sp³-hybridized carbons (Fsp3) is 0.233. The summed E-state index contributed by atoms with van der Waals surface area (Å²) in [4.78, 5) is 18.1. The summed E-state index contributed by atoms with van der Waals surface area (Å²) >= 11 is 0. The molecule has 3 N–H and O–H groups in total. The molecule has 0 aliphatic rings. The van der Waals surface area contributed by atoms with Gasteiger partial charge in [-0.25, -0.2) is 9.97 Å². The molecule has 5 aromatic heterocycles. The first-order valence-electron chi connectivity index (χ1n) is 13.4. The van der Waals surface area contributed by atoms with Crippen molar-refractivity contribution in [1.29, 1.82) is 0 Å². The van der Waals surface area contributed by atoms with Crippen LogP contribution in [0.1, 0.15) is 18.2 Å². The second-order valence-electron chi connectivity index (χ2n) is 9.61. The molecule has 11 nitrogen and oxygen atoms in total. The third kappa shape index (κ3) is 5.14. The van der Waals surface area contributed by atoms with Gasteiger partial charge in [-0.05, 0) is 36.8 Å². The zero-order valence-corrected chi connectivity index (χ0v) is 23.2. The van der Waals surface area contributed by atoms with E-state index in [1.165, 1.54) is 6.33 Å². The highest BCUT2D eigenvalue weighted by Crippen LogP contribution is 2.33. The van der Waals surface area contributed by atoms with Crippen LogP contribution in [-0.4, -0.2) is 55.0 Å². The molecule has 0 amide bonds. The number of nitrogens with one attached hydrogen (secondary N) is 1. The van der Waals surface area contributed by atoms with Gasteiger partial charge in [0.15, 0.2) is 5.65 Å². The number of ether oxygens (including phenoxy) is 2. The lowest BCUT2D eigenvalue weighted by molar-refractivity contribution is 0.183. The first-order chi connectivity index (χ1) is 20.1. The van der Waals surface area contributed by atoms with Crippen molar-refractivity contribution >= 4 is 33.4 Å². The number of hydrogen-bond acceptors (Lipinski definition) is 9. The molecular formula is C30H31N9O2. The number of pyridine rings is 2. The molecule has 0 saturated carbocycles. The van der Waals surface area contributed by atoms with Crippen molar-refractivity contribution < 1.29 is 9.47 Å². The van der Waals surface area contributed by atoms with Crippen molar-refractivity contribution in [3.63, 3.8) is 0 Å². The average molecular weight is 550 g/mol. The number of nitrogens with zero attached hydrogens (tertiary/aromatic N) is 7. The smallest absolute Gasteiger partial charge is 0.150 e. The molecule has 11 heteroatoms. The van der Waals surface area contributed by atoms with E-state index in [4.69, 9.17) is 25.3 Å². The normalized spacial score (nSPS) is 11.4. The summed E-state index contributed by atoms with van der Waals surface area (Å²) in [5.41, 5.74) is 13.3. The van der Waals surface area contributed by atoms with Crippen LogP contribution in [0.25, 0.3) is 38.9 Å². The van der Waals surface area contributed by atoms with E-state index < -0.39 is 0 Å². The van der Waals surface area contributed by atoms with Gasteiger partial charge in [-0.1, -0.05) is 6.92 Å². The standard InChI is InChI=1S/C30H31N9O2/c1-4-20-12-26(32-2)23-6-5-22(13-27(23)36-20)41-17-19-11-21(15-33-14-19)39-16-24(28-29(31)34-18-35-30(28)39)25-7-8-38(37-25)9-10-40-3/h5-8,11-16,18H,4,9-10,17H2,1-3H3,(H,32,36)(H2,31,34,35). The molecule has 0 unspecified atom stereocenters. The quantitative estimate of drug-likeness (QED) is 0.251. The maximum absolute atomic E-state index is 6.33. The predicted octanol–water partition coefficient (Wildman–Crippen LogP) is 4.64. The van der Waals surface area contributed by atoms with Crippen molar-refractivity contribution in [3.8, 4) is 22.7 Å². The monoisotopic (exact) mass is 549 g/mol. The summed E-state index contributed by atoms with van der Waals surface area (Å²) in [6.07, 6.45) is 9.79. The minimum atomic E-state index is 0.339. The Hall–Kier alpha value is -5.03. The summed E-state index contributed by atoms with van der Waals surface area (Å²) in [7, 11) is 3.59. The number of aromatic nitrogens is 7. The van der Waals surface area contributed by atoms with Crippen LogP contribution < -0.4 is 15.8 Å². The first-order valence-corrected chi connectivity index (χ1v) is 13.4. The maximum atomic E-state index is 6.33. The van der Waals surface area contributed by atoms with Crippen LogP contribution in [0, 0.1) is 0 Å². The summed E-state index contributed by atoms with van der Waals surface area (Å²) in [5.74, 6) is 1.13. The van der Waals surface area contributed by atoms with E-state index >= 15 is 0 Å². The molecule has 1 aromatic carbocycles. The SMILES string of the molecule is CCc1cc(NC)c2ccc(OCc3cncc(-n4cc(-c5ccn(CCOC)n5)c5c(N)ncnc54)c3)cc2n1. The molecule has 208 valence electrons. The minimum Gasteiger partial charge on any atom is -0.489 e. The van der Waals surface area contributed by atoms with E-state index in [9.17, 15) is 0 Å². The molecule has 0 radical (unpaired) electrons. The zero-order valence-electron chi connectivity index (χ0n) is 23.2. The lowest BCUT2D eigenvalue weighted by Crippen LogP contribution is -2.04. The number of nitrogens with two attached hydrogens (primary N) is 1. The third-order valence-corrected chi connectivity index (χ3v) is 6.98. The van der Waals surface area contributed by atoms with E-state index in [2.05, 4.69) is 33.3 Å². The highest BCUT2D eigenvalue weighted by atomic mass is 16.5. The number of nitrogen functional groups attached to an aromatic ring is 1. The molecule has 41 heavy (non-hydrogen) atoms. The van der Waals surface area contributed by atoms with Gasteiger partial charge in [-0.2, -0.15) is 5.10 Å². The topological polar surface area (TPSA) is 131 Å². The number of rotatable bonds is 10. The molecule has 0 saturated heterocycles. The van der Waals surface area contributed by atoms with Crippen LogP contribution in [0.4, 0.5) is 11.5 Å². The molecule has 0 bridgehead atoms. The summed E-state index contributed by atoms with van der Waals surface area (Å²) in [6, 6.07) is 12.0. The molecule has 0 fully saturated rings. The zero-order chi connectivity index (χ0) is 28.3. The van der Waals surface area contributed by atoms with E-state index in [0.29, 0.717) is 31.2 Å². The summed E-state index contributed by atoms with van der Waals surface area (Å²) < 4.78 is 15.2. The van der Waals surface area contributed by atoms with Crippen molar-refractivity contribution in [1.82, 2.24) is 34.3 Å². The van der Waals surface area contributed by atoms with Crippen molar-refractivity contribution in [2.24, 2.45) is 0 Å². The van der Waals surface area contributed by atoms with Gasteiger partial charge in [-0.3, -0.25) is 19.2 Å². The van der Waals surface area contributed by atoms with E-state index in [1.54, 1.807) is 19.5 Å². The fourth-order valence-corrected chi connectivity index (χ4v) is 4.88. The minimum absolute atomic E-state index is 0.339. The Kier molecular flexibility index (Phi) is 7.17. The second kappa shape index (κ2) is 11.2. The van der Waals surface area contributed by atoms with E-state index in [-0.39, 0.29) is 0 Å². The highest BCUT2D eigenvalue weighted by molar-refractivity contribution is 6.00. The Morgan fingerprint density at radius 2 is 1.98 bits per heavy atom. The number of methoxy groups -OCH3 is 1. The third-order valence-electron chi connectivity index (χ3n) is 6.98. The molecule has 6 aromatic rings. The number of fused-ring (bicyclic) bond motifs is 2. The predicted molar refractivity (Wildman–Crippen MR) is 159 cm³/mol. The Balaban J connectivity index is 1.30. The summed E-state index contributed by atoms with van der Waals surface area (Å²) in [5, 5.41) is 9.76. The van der Waals surface area contributed by atoms with Crippen molar-refractivity contribution in [3.05, 3.63) is 78.8 Å². The van der Waals surface area contributed by atoms with Crippen LogP contribution in [0.15, 0.2) is 67.5 Å². The molecule has 0 aliphatic heterocycles. The molecule has 0 atom stereocenters. The van der Waals surface area contributed by atoms with Crippen molar-refractivity contribution in [2.45, 2.75) is 26.5 Å². The lowest BCUT2D eigenvalue weighted by Gasteiger charge is -2.12. The number of hydrogen-bond donors (Lipinski definition) is 2. The number of aryl methyl sites for hydroxylation is 1. The highest BCUT2D eigenvalue weighted by Gasteiger charge is 2.18. The first kappa shape index (κ1) is 26.2. The van der Waals surface area contributed by atoms with Gasteiger partial charge in [0, 0.05) is 66.7 Å². The lowest BCUT2D eigenvalue weighted by atomic mass is 10.1.